The van der Waals surface area contributed by atoms with Crippen LogP contribution in [0.1, 0.15) is 112 Å². The molecular weight excluding hydrogens is 831 g/mol. The highest BCUT2D eigenvalue weighted by Crippen LogP contribution is 2.40. The number of allylic oxidation sites excluding steroid dienone is 3. The summed E-state index contributed by atoms with van der Waals surface area (Å²) in [6, 6.07) is 12.7. The number of ketones is 2. The van der Waals surface area contributed by atoms with Gasteiger partial charge in [-0.3, -0.25) is 14.4 Å². The van der Waals surface area contributed by atoms with Gasteiger partial charge in [0.15, 0.2) is 0 Å². The summed E-state index contributed by atoms with van der Waals surface area (Å²) in [5, 5.41) is 37.4. The van der Waals surface area contributed by atoms with Crippen LogP contribution in [-0.4, -0.2) is 119 Å². The molecule has 13 nitrogen and oxygen atoms in total. The highest BCUT2D eigenvalue weighted by Gasteiger charge is 2.56. The van der Waals surface area contributed by atoms with E-state index in [1.165, 1.54) is 19.1 Å². The molecule has 4 aliphatic rings. The van der Waals surface area contributed by atoms with Gasteiger partial charge in [0.25, 0.3) is 11.7 Å². The maximum atomic E-state index is 14.5. The SMILES string of the molecule is CCC1/C=C(\C)CC(C)CC(OC)C2OC(O)(C(=O)C(=O)N3CCCCC3C(=O)OC(C(C)=CC3CCC(Oc4cccc5ccccc45)C(O)C3)C(C)C(O)CC1=O)C(C)CC2OC. The van der Waals surface area contributed by atoms with Gasteiger partial charge in [0.05, 0.1) is 24.4 Å². The van der Waals surface area contributed by atoms with Gasteiger partial charge in [0.1, 0.15) is 35.9 Å². The fourth-order valence-electron chi connectivity index (χ4n) is 10.7. The van der Waals surface area contributed by atoms with Gasteiger partial charge in [-0.05, 0) is 107 Å². The number of methoxy groups -OCH3 is 2. The van der Waals surface area contributed by atoms with E-state index in [2.05, 4.69) is 6.92 Å². The van der Waals surface area contributed by atoms with E-state index in [0.29, 0.717) is 62.7 Å². The van der Waals surface area contributed by atoms with Gasteiger partial charge >= 0.3 is 5.97 Å². The van der Waals surface area contributed by atoms with Crippen LogP contribution in [0.25, 0.3) is 10.8 Å². The zero-order chi connectivity index (χ0) is 47.2. The smallest absolute Gasteiger partial charge is 0.329 e. The average Bonchev–Trinajstić information content (AvgIpc) is 3.29. The van der Waals surface area contributed by atoms with Gasteiger partial charge in [-0.15, -0.1) is 0 Å². The van der Waals surface area contributed by atoms with Crippen molar-refractivity contribution in [3.8, 4) is 5.75 Å². The molecule has 3 aliphatic heterocycles. The number of nitrogens with zero attached hydrogens (tertiary/aromatic N) is 1. The van der Waals surface area contributed by atoms with Crippen molar-refractivity contribution in [3.05, 3.63) is 65.8 Å². The number of hydrogen-bond donors (Lipinski definition) is 3. The lowest BCUT2D eigenvalue weighted by Crippen LogP contribution is -2.64. The third-order valence-corrected chi connectivity index (χ3v) is 14.6. The Morgan fingerprint density at radius 1 is 0.877 bits per heavy atom. The van der Waals surface area contributed by atoms with Gasteiger partial charge in [0, 0.05) is 50.3 Å². The molecule has 1 aliphatic carbocycles. The Morgan fingerprint density at radius 2 is 1.58 bits per heavy atom. The van der Waals surface area contributed by atoms with Crippen LogP contribution < -0.4 is 4.74 Å². The number of hydrogen-bond acceptors (Lipinski definition) is 12. The number of rotatable bonds is 7. The molecule has 358 valence electrons. The van der Waals surface area contributed by atoms with E-state index < -0.39 is 90.0 Å². The highest BCUT2D eigenvalue weighted by atomic mass is 16.7. The maximum Gasteiger partial charge on any atom is 0.329 e. The molecule has 2 bridgehead atoms. The standard InChI is InChI=1S/C52H73NO12/c1-9-36-24-30(2)23-31(3)25-45(61-7)48-46(62-8)27-33(5)52(60,65-48)49(57)50(58)53-22-13-12-18-39(53)51(59)64-47(34(6)40(54)29-41(36)55)32(4)26-35-20-21-44(42(56)28-35)63-43-19-14-16-37-15-10-11-17-38(37)43/h10-11,14-17,19,24,26,31,33-36,39-40,42,44-48,54,56,60H,9,12-13,18,20-23,25,27-29H2,1-8H3/b30-24+,32-26?. The van der Waals surface area contributed by atoms with Crippen LogP contribution >= 0.6 is 0 Å². The highest BCUT2D eigenvalue weighted by molar-refractivity contribution is 6.39. The first-order valence-electron chi connectivity index (χ1n) is 23.9. The number of amides is 1. The minimum Gasteiger partial charge on any atom is -0.487 e. The third kappa shape index (κ3) is 11.6. The summed E-state index contributed by atoms with van der Waals surface area (Å²) in [4.78, 5) is 58.3. The first-order chi connectivity index (χ1) is 31.0. The predicted octanol–water partition coefficient (Wildman–Crippen LogP) is 7.06. The van der Waals surface area contributed by atoms with Crippen molar-refractivity contribution in [3.63, 3.8) is 0 Å². The first-order valence-corrected chi connectivity index (χ1v) is 23.9. The number of aliphatic hydroxyl groups excluding tert-OH is 2. The van der Waals surface area contributed by atoms with Gasteiger partial charge in [0.2, 0.25) is 5.79 Å². The number of piperidine rings is 1. The molecule has 2 aromatic carbocycles. The molecule has 3 fully saturated rings. The summed E-state index contributed by atoms with van der Waals surface area (Å²) >= 11 is 0. The van der Waals surface area contributed by atoms with E-state index in [0.717, 1.165) is 16.3 Å². The normalized spacial score (nSPS) is 37.4. The number of cyclic esters (lactones) is 1. The van der Waals surface area contributed by atoms with E-state index in [1.54, 1.807) is 13.8 Å². The molecule has 1 saturated carbocycles. The van der Waals surface area contributed by atoms with Crippen molar-refractivity contribution in [1.29, 1.82) is 0 Å². The van der Waals surface area contributed by atoms with E-state index in [1.807, 2.05) is 75.4 Å². The summed E-state index contributed by atoms with van der Waals surface area (Å²) in [5.41, 5.74) is 1.62. The minimum absolute atomic E-state index is 0.0232. The molecule has 0 radical (unpaired) electrons. The van der Waals surface area contributed by atoms with Crippen molar-refractivity contribution in [1.82, 2.24) is 4.90 Å². The summed E-state index contributed by atoms with van der Waals surface area (Å²) in [6.07, 6.45) is 3.07. The van der Waals surface area contributed by atoms with Gasteiger partial charge in [-0.1, -0.05) is 81.8 Å². The Bertz CT molecular complexity index is 2040. The summed E-state index contributed by atoms with van der Waals surface area (Å²) in [5.74, 6) is -7.05. The van der Waals surface area contributed by atoms with Gasteiger partial charge in [-0.2, -0.15) is 0 Å². The van der Waals surface area contributed by atoms with Crippen LogP contribution in [-0.2, 0) is 38.1 Å². The average molecular weight is 904 g/mol. The fourth-order valence-corrected chi connectivity index (χ4v) is 10.7. The second-order valence-electron chi connectivity index (χ2n) is 19.5. The van der Waals surface area contributed by atoms with E-state index in [9.17, 15) is 34.5 Å². The molecule has 2 saturated heterocycles. The van der Waals surface area contributed by atoms with Crippen LogP contribution in [0.5, 0.6) is 5.75 Å². The molecule has 3 heterocycles. The van der Waals surface area contributed by atoms with Crippen LogP contribution in [0.2, 0.25) is 0 Å². The third-order valence-electron chi connectivity index (χ3n) is 14.6. The van der Waals surface area contributed by atoms with Crippen molar-refractivity contribution in [2.45, 2.75) is 167 Å². The van der Waals surface area contributed by atoms with Crippen LogP contribution in [0, 0.1) is 29.6 Å². The van der Waals surface area contributed by atoms with Crippen molar-refractivity contribution < 1.29 is 58.2 Å². The van der Waals surface area contributed by atoms with Crippen LogP contribution in [0.3, 0.4) is 0 Å². The number of fused-ring (bicyclic) bond motifs is 4. The Kier molecular flexibility index (Phi) is 17.2. The maximum absolute atomic E-state index is 14.5. The van der Waals surface area contributed by atoms with Gasteiger partial charge in [-0.25, -0.2) is 4.79 Å². The Hall–Kier alpha value is -3.98. The van der Waals surface area contributed by atoms with E-state index in [-0.39, 0.29) is 43.4 Å². The summed E-state index contributed by atoms with van der Waals surface area (Å²) in [7, 11) is 3.07. The van der Waals surface area contributed by atoms with Gasteiger partial charge < -0.3 is 43.9 Å². The second kappa shape index (κ2) is 22.2. The molecule has 14 unspecified atom stereocenters. The lowest BCUT2D eigenvalue weighted by molar-refractivity contribution is -0.302. The molecule has 13 heteroatoms. The van der Waals surface area contributed by atoms with E-state index >= 15 is 0 Å². The Morgan fingerprint density at radius 3 is 2.29 bits per heavy atom. The minimum atomic E-state index is -2.52. The molecule has 0 aromatic heterocycles. The number of carbonyl (C=O) groups is 4. The number of benzene rings is 2. The number of Topliss-reactive ketones (excluding diaryl/α,β-unsaturated/α-hetero) is 2. The Balaban J connectivity index is 1.30. The number of carbonyl (C=O) groups excluding carboxylic acids is 4. The predicted molar refractivity (Wildman–Crippen MR) is 246 cm³/mol. The molecule has 65 heavy (non-hydrogen) atoms. The quantitative estimate of drug-likeness (QED) is 0.147. The van der Waals surface area contributed by atoms with Crippen molar-refractivity contribution >= 4 is 34.2 Å². The number of ether oxygens (including phenoxy) is 5. The zero-order valence-corrected chi connectivity index (χ0v) is 39.7. The molecule has 14 atom stereocenters. The summed E-state index contributed by atoms with van der Waals surface area (Å²) < 4.78 is 30.8. The Labute approximate surface area is 384 Å². The zero-order valence-electron chi connectivity index (χ0n) is 39.7. The molecule has 3 N–H and O–H groups in total. The van der Waals surface area contributed by atoms with Crippen molar-refractivity contribution in [2.75, 3.05) is 20.8 Å². The van der Waals surface area contributed by atoms with Crippen LogP contribution in [0.4, 0.5) is 0 Å². The largest absolute Gasteiger partial charge is 0.487 e. The van der Waals surface area contributed by atoms with Crippen LogP contribution in [0.15, 0.2) is 65.8 Å². The summed E-state index contributed by atoms with van der Waals surface area (Å²) in [6.45, 7) is 11.2. The number of aliphatic hydroxyl groups is 3. The fraction of sp³-hybridized carbons (Fsp3) is 0.654. The van der Waals surface area contributed by atoms with E-state index in [4.69, 9.17) is 23.7 Å². The molecular formula is C52H73NO12. The first kappa shape index (κ1) is 50.4. The lowest BCUT2D eigenvalue weighted by atomic mass is 9.81. The molecule has 6 rings (SSSR count). The lowest BCUT2D eigenvalue weighted by Gasteiger charge is -2.47. The molecule has 1 amide bonds. The molecule has 2 aromatic rings. The van der Waals surface area contributed by atoms with Crippen molar-refractivity contribution in [2.24, 2.45) is 29.6 Å². The molecule has 0 spiro atoms. The monoisotopic (exact) mass is 904 g/mol. The second-order valence-corrected chi connectivity index (χ2v) is 19.5. The topological polar surface area (TPSA) is 178 Å². The number of esters is 1.